The maximum absolute atomic E-state index is 10.8. The third-order valence-electron chi connectivity index (χ3n) is 2.82. The van der Waals surface area contributed by atoms with Gasteiger partial charge < -0.3 is 20.1 Å². The Kier molecular flexibility index (Phi) is 3.74. The normalized spacial score (nSPS) is 11.2. The molecule has 5 heteroatoms. The van der Waals surface area contributed by atoms with E-state index in [1.807, 2.05) is 0 Å². The lowest BCUT2D eigenvalue weighted by molar-refractivity contribution is -0.304. The number of aryl methyl sites for hydroxylation is 1. The zero-order chi connectivity index (χ0) is 14.8. The van der Waals surface area contributed by atoms with Crippen molar-refractivity contribution in [3.05, 3.63) is 65.2 Å². The van der Waals surface area contributed by atoms with Crippen LogP contribution < -0.4 is 4.74 Å². The molecule has 0 unspecified atom stereocenters. The van der Waals surface area contributed by atoms with Crippen molar-refractivity contribution in [1.82, 2.24) is 0 Å². The largest absolute Gasteiger partial charge is 0.478 e. The molecule has 0 heterocycles. The van der Waals surface area contributed by atoms with Crippen molar-refractivity contribution >= 4 is 5.97 Å². The summed E-state index contributed by atoms with van der Waals surface area (Å²) < 4.78 is 5.17. The summed E-state index contributed by atoms with van der Waals surface area (Å²) >= 11 is 0. The summed E-state index contributed by atoms with van der Waals surface area (Å²) in [5, 5.41) is 28.8. The Morgan fingerprint density at radius 2 is 1.75 bits per heavy atom. The first-order valence-corrected chi connectivity index (χ1v) is 5.93. The molecule has 0 atom stereocenters. The van der Waals surface area contributed by atoms with Crippen LogP contribution in [0, 0.1) is 6.92 Å². The SMILES string of the molecule is Cc1cc(C(=O)O)ccc1OC(O)(O)c1ccccc1. The van der Waals surface area contributed by atoms with Gasteiger partial charge in [-0.1, -0.05) is 18.2 Å². The zero-order valence-corrected chi connectivity index (χ0v) is 10.8. The molecule has 0 aliphatic carbocycles. The molecule has 0 spiro atoms. The lowest BCUT2D eigenvalue weighted by Gasteiger charge is -2.24. The molecule has 2 aromatic carbocycles. The van der Waals surface area contributed by atoms with Crippen LogP contribution in [-0.2, 0) is 5.97 Å². The number of ether oxygens (including phenoxy) is 1. The van der Waals surface area contributed by atoms with E-state index in [2.05, 4.69) is 0 Å². The number of aromatic carboxylic acids is 1. The van der Waals surface area contributed by atoms with Gasteiger partial charge in [0.1, 0.15) is 5.75 Å². The van der Waals surface area contributed by atoms with Gasteiger partial charge in [0.25, 0.3) is 0 Å². The van der Waals surface area contributed by atoms with Crippen LogP contribution in [-0.4, -0.2) is 21.3 Å². The third-order valence-corrected chi connectivity index (χ3v) is 2.82. The smallest absolute Gasteiger partial charge is 0.351 e. The molecule has 104 valence electrons. The van der Waals surface area contributed by atoms with Crippen LogP contribution in [0.5, 0.6) is 5.75 Å². The molecule has 0 aliphatic heterocycles. The molecule has 0 amide bonds. The lowest BCUT2D eigenvalue weighted by atomic mass is 10.1. The van der Waals surface area contributed by atoms with Crippen LogP contribution in [0.25, 0.3) is 0 Å². The number of hydrogen-bond donors (Lipinski definition) is 3. The molecule has 0 saturated heterocycles. The second-order valence-electron chi connectivity index (χ2n) is 4.36. The van der Waals surface area contributed by atoms with Crippen molar-refractivity contribution in [2.24, 2.45) is 0 Å². The Hall–Kier alpha value is -2.37. The quantitative estimate of drug-likeness (QED) is 0.741. The predicted molar refractivity (Wildman–Crippen MR) is 71.3 cm³/mol. The maximum atomic E-state index is 10.8. The van der Waals surface area contributed by atoms with Crippen LogP contribution in [0.3, 0.4) is 0 Å². The van der Waals surface area contributed by atoms with Gasteiger partial charge in [0, 0.05) is 0 Å². The van der Waals surface area contributed by atoms with Gasteiger partial charge in [0.15, 0.2) is 0 Å². The Labute approximate surface area is 115 Å². The van der Waals surface area contributed by atoms with Gasteiger partial charge in [-0.05, 0) is 42.8 Å². The summed E-state index contributed by atoms with van der Waals surface area (Å²) in [7, 11) is 0. The number of carboxylic acid groups (broad SMARTS) is 1. The molecule has 0 fully saturated rings. The van der Waals surface area contributed by atoms with Crippen molar-refractivity contribution in [2.75, 3.05) is 0 Å². The fourth-order valence-electron chi connectivity index (χ4n) is 1.76. The fourth-order valence-corrected chi connectivity index (χ4v) is 1.76. The summed E-state index contributed by atoms with van der Waals surface area (Å²) in [5.74, 6) is -3.33. The minimum atomic E-state index is -2.48. The first-order chi connectivity index (χ1) is 9.40. The van der Waals surface area contributed by atoms with Gasteiger partial charge in [0.05, 0.1) is 11.1 Å². The number of carboxylic acids is 1. The Morgan fingerprint density at radius 3 is 2.30 bits per heavy atom. The Bertz CT molecular complexity index is 619. The molecule has 20 heavy (non-hydrogen) atoms. The number of aliphatic hydroxyl groups is 2. The summed E-state index contributed by atoms with van der Waals surface area (Å²) in [5.41, 5.74) is 0.783. The van der Waals surface area contributed by atoms with Crippen LogP contribution in [0.2, 0.25) is 0 Å². The molecule has 0 aliphatic rings. The molecular weight excluding hydrogens is 260 g/mol. The monoisotopic (exact) mass is 274 g/mol. The van der Waals surface area contributed by atoms with E-state index >= 15 is 0 Å². The van der Waals surface area contributed by atoms with E-state index in [-0.39, 0.29) is 16.9 Å². The zero-order valence-electron chi connectivity index (χ0n) is 10.8. The van der Waals surface area contributed by atoms with E-state index in [9.17, 15) is 15.0 Å². The number of rotatable bonds is 4. The minimum Gasteiger partial charge on any atom is -0.478 e. The van der Waals surface area contributed by atoms with Crippen LogP contribution in [0.15, 0.2) is 48.5 Å². The second kappa shape index (κ2) is 5.32. The van der Waals surface area contributed by atoms with Gasteiger partial charge in [-0.2, -0.15) is 0 Å². The molecule has 5 nitrogen and oxygen atoms in total. The standard InChI is InChI=1S/C15H14O5/c1-10-9-11(14(16)17)7-8-13(10)20-15(18,19)12-5-3-2-4-6-12/h2-9,18-19H,1H3,(H,16,17). The van der Waals surface area contributed by atoms with E-state index < -0.39 is 11.9 Å². The average Bonchev–Trinajstić information content (AvgIpc) is 2.41. The van der Waals surface area contributed by atoms with E-state index in [1.165, 1.54) is 30.3 Å². The highest BCUT2D eigenvalue weighted by Gasteiger charge is 2.29. The van der Waals surface area contributed by atoms with Gasteiger partial charge in [-0.15, -0.1) is 0 Å². The van der Waals surface area contributed by atoms with Crippen LogP contribution in [0.1, 0.15) is 21.5 Å². The van der Waals surface area contributed by atoms with Crippen LogP contribution in [0.4, 0.5) is 0 Å². The fraction of sp³-hybridized carbons (Fsp3) is 0.133. The van der Waals surface area contributed by atoms with Gasteiger partial charge in [-0.3, -0.25) is 0 Å². The first-order valence-electron chi connectivity index (χ1n) is 5.93. The van der Waals surface area contributed by atoms with Crippen molar-refractivity contribution < 1.29 is 24.9 Å². The molecule has 3 N–H and O–H groups in total. The summed E-state index contributed by atoms with van der Waals surface area (Å²) in [6.45, 7) is 1.63. The molecular formula is C15H14O5. The van der Waals surface area contributed by atoms with E-state index in [0.717, 1.165) is 0 Å². The molecule has 2 rings (SSSR count). The lowest BCUT2D eigenvalue weighted by Crippen LogP contribution is -2.32. The van der Waals surface area contributed by atoms with Gasteiger partial charge in [0.2, 0.25) is 0 Å². The summed E-state index contributed by atoms with van der Waals surface area (Å²) in [6, 6.07) is 12.2. The van der Waals surface area contributed by atoms with Crippen molar-refractivity contribution in [1.29, 1.82) is 0 Å². The van der Waals surface area contributed by atoms with Gasteiger partial charge in [-0.25, -0.2) is 4.79 Å². The molecule has 0 aromatic heterocycles. The molecule has 0 radical (unpaired) electrons. The van der Waals surface area contributed by atoms with Gasteiger partial charge >= 0.3 is 11.9 Å². The molecule has 0 saturated carbocycles. The topological polar surface area (TPSA) is 87.0 Å². The van der Waals surface area contributed by atoms with E-state index in [4.69, 9.17) is 9.84 Å². The van der Waals surface area contributed by atoms with Crippen LogP contribution >= 0.6 is 0 Å². The Balaban J connectivity index is 2.28. The Morgan fingerprint density at radius 1 is 1.10 bits per heavy atom. The number of carbonyl (C=O) groups is 1. The maximum Gasteiger partial charge on any atom is 0.351 e. The van der Waals surface area contributed by atoms with E-state index in [1.54, 1.807) is 25.1 Å². The highest BCUT2D eigenvalue weighted by atomic mass is 16.8. The highest BCUT2D eigenvalue weighted by molar-refractivity contribution is 5.88. The third kappa shape index (κ3) is 2.96. The van der Waals surface area contributed by atoms with Crippen molar-refractivity contribution in [3.8, 4) is 5.75 Å². The predicted octanol–water partition coefficient (Wildman–Crippen LogP) is 1.87. The van der Waals surface area contributed by atoms with Crippen molar-refractivity contribution in [3.63, 3.8) is 0 Å². The molecule has 0 bridgehead atoms. The summed E-state index contributed by atoms with van der Waals surface area (Å²) in [6.07, 6.45) is 0. The second-order valence-corrected chi connectivity index (χ2v) is 4.36. The first kappa shape index (κ1) is 14.0. The number of hydrogen-bond acceptors (Lipinski definition) is 4. The minimum absolute atomic E-state index is 0.107. The highest BCUT2D eigenvalue weighted by Crippen LogP contribution is 2.27. The molecule has 2 aromatic rings. The van der Waals surface area contributed by atoms with Crippen molar-refractivity contribution in [2.45, 2.75) is 12.9 Å². The number of benzene rings is 2. The van der Waals surface area contributed by atoms with E-state index in [0.29, 0.717) is 5.56 Å². The average molecular weight is 274 g/mol. The summed E-state index contributed by atoms with van der Waals surface area (Å²) in [4.78, 5) is 10.8.